The Kier molecular flexibility index (Phi) is 7.53. The zero-order valence-electron chi connectivity index (χ0n) is 17.2. The summed E-state index contributed by atoms with van der Waals surface area (Å²) in [5, 5.41) is 3.42. The molecule has 1 aromatic heterocycles. The van der Waals surface area contributed by atoms with E-state index in [9.17, 15) is 9.59 Å². The lowest BCUT2D eigenvalue weighted by molar-refractivity contribution is -0.117. The fourth-order valence-electron chi connectivity index (χ4n) is 3.06. The summed E-state index contributed by atoms with van der Waals surface area (Å²) in [7, 11) is 1.61. The highest BCUT2D eigenvalue weighted by Gasteiger charge is 2.14. The van der Waals surface area contributed by atoms with Crippen molar-refractivity contribution in [2.45, 2.75) is 13.5 Å². The van der Waals surface area contributed by atoms with E-state index in [1.54, 1.807) is 37.4 Å². The lowest BCUT2D eigenvalue weighted by atomic mass is 10.2. The smallest absolute Gasteiger partial charge is 0.258 e. The predicted molar refractivity (Wildman–Crippen MR) is 116 cm³/mol. The van der Waals surface area contributed by atoms with E-state index in [2.05, 4.69) is 15.3 Å². The summed E-state index contributed by atoms with van der Waals surface area (Å²) in [5.74, 6) is 1.09. The van der Waals surface area contributed by atoms with Crippen molar-refractivity contribution in [2.24, 2.45) is 0 Å². The van der Waals surface area contributed by atoms with Crippen molar-refractivity contribution in [3.05, 3.63) is 64.7 Å². The first kappa shape index (κ1) is 21.5. The van der Waals surface area contributed by atoms with Gasteiger partial charge in [-0.1, -0.05) is 12.1 Å². The van der Waals surface area contributed by atoms with Gasteiger partial charge in [-0.05, 0) is 43.3 Å². The number of aromatic amines is 1. The van der Waals surface area contributed by atoms with Crippen molar-refractivity contribution in [2.75, 3.05) is 38.7 Å². The molecule has 1 amide bonds. The van der Waals surface area contributed by atoms with Crippen LogP contribution in [0.1, 0.15) is 12.7 Å². The number of carbonyl (C=O) groups excluding carboxylic acids is 1. The first-order valence-electron chi connectivity index (χ1n) is 9.81. The van der Waals surface area contributed by atoms with Gasteiger partial charge in [-0.3, -0.25) is 14.5 Å². The van der Waals surface area contributed by atoms with E-state index >= 15 is 0 Å². The summed E-state index contributed by atoms with van der Waals surface area (Å²) in [4.78, 5) is 34.1. The number of hydrogen-bond donors (Lipinski definition) is 2. The maximum Gasteiger partial charge on any atom is 0.258 e. The SMILES string of the molecule is CCOc1ccc(NC(=O)CN(CCOC)Cc2nc3ccccc3c(=O)[nH]2)cc1. The van der Waals surface area contributed by atoms with Crippen LogP contribution in [0.15, 0.2) is 53.3 Å². The average Bonchev–Trinajstić information content (AvgIpc) is 2.73. The predicted octanol–water partition coefficient (Wildman–Crippen LogP) is 2.41. The monoisotopic (exact) mass is 410 g/mol. The molecule has 0 saturated carbocycles. The van der Waals surface area contributed by atoms with Gasteiger partial charge in [-0.15, -0.1) is 0 Å². The number of para-hydroxylation sites is 1. The molecule has 0 fully saturated rings. The van der Waals surface area contributed by atoms with Gasteiger partial charge in [-0.2, -0.15) is 0 Å². The molecular weight excluding hydrogens is 384 g/mol. The van der Waals surface area contributed by atoms with Crippen LogP contribution in [0.2, 0.25) is 0 Å². The van der Waals surface area contributed by atoms with Gasteiger partial charge >= 0.3 is 0 Å². The van der Waals surface area contributed by atoms with Gasteiger partial charge in [0.25, 0.3) is 5.56 Å². The molecule has 2 aromatic carbocycles. The second kappa shape index (κ2) is 10.5. The number of H-pyrrole nitrogens is 1. The number of nitrogens with zero attached hydrogens (tertiary/aromatic N) is 2. The van der Waals surface area contributed by atoms with Crippen LogP contribution in [-0.2, 0) is 16.1 Å². The first-order chi connectivity index (χ1) is 14.6. The third kappa shape index (κ3) is 5.88. The van der Waals surface area contributed by atoms with Crippen molar-refractivity contribution >= 4 is 22.5 Å². The van der Waals surface area contributed by atoms with Gasteiger partial charge in [-0.25, -0.2) is 4.98 Å². The van der Waals surface area contributed by atoms with Crippen LogP contribution in [-0.4, -0.2) is 54.2 Å². The Balaban J connectivity index is 1.68. The molecule has 0 bridgehead atoms. The second-order valence-electron chi connectivity index (χ2n) is 6.74. The first-order valence-corrected chi connectivity index (χ1v) is 9.81. The Morgan fingerprint density at radius 1 is 1.17 bits per heavy atom. The topological polar surface area (TPSA) is 96.5 Å². The molecule has 158 valence electrons. The number of nitrogens with one attached hydrogen (secondary N) is 2. The molecule has 0 atom stereocenters. The van der Waals surface area contributed by atoms with Crippen LogP contribution in [0.25, 0.3) is 10.9 Å². The maximum atomic E-state index is 12.5. The Labute approximate surface area is 174 Å². The van der Waals surface area contributed by atoms with Crippen LogP contribution in [0, 0.1) is 0 Å². The molecule has 1 heterocycles. The minimum atomic E-state index is -0.193. The van der Waals surface area contributed by atoms with E-state index in [0.29, 0.717) is 48.7 Å². The van der Waals surface area contributed by atoms with Crippen LogP contribution in [0.4, 0.5) is 5.69 Å². The lowest BCUT2D eigenvalue weighted by Crippen LogP contribution is -2.36. The van der Waals surface area contributed by atoms with Crippen molar-refractivity contribution in [1.82, 2.24) is 14.9 Å². The fourth-order valence-corrected chi connectivity index (χ4v) is 3.06. The highest BCUT2D eigenvalue weighted by molar-refractivity contribution is 5.92. The molecule has 0 saturated heterocycles. The number of benzene rings is 2. The quantitative estimate of drug-likeness (QED) is 0.533. The van der Waals surface area contributed by atoms with Gasteiger partial charge in [0.2, 0.25) is 5.91 Å². The van der Waals surface area contributed by atoms with Crippen molar-refractivity contribution in [1.29, 1.82) is 0 Å². The van der Waals surface area contributed by atoms with Gasteiger partial charge in [0.1, 0.15) is 11.6 Å². The molecule has 3 rings (SSSR count). The number of fused-ring (bicyclic) bond motifs is 1. The number of methoxy groups -OCH3 is 1. The summed E-state index contributed by atoms with van der Waals surface area (Å²) in [6.07, 6.45) is 0. The molecule has 0 aliphatic rings. The molecule has 0 spiro atoms. The molecular formula is C22H26N4O4. The van der Waals surface area contributed by atoms with E-state index in [1.807, 2.05) is 30.0 Å². The largest absolute Gasteiger partial charge is 0.494 e. The van der Waals surface area contributed by atoms with Gasteiger partial charge < -0.3 is 19.8 Å². The zero-order valence-corrected chi connectivity index (χ0v) is 17.2. The van der Waals surface area contributed by atoms with Crippen LogP contribution in [0.3, 0.4) is 0 Å². The number of anilines is 1. The van der Waals surface area contributed by atoms with Crippen molar-refractivity contribution < 1.29 is 14.3 Å². The Bertz CT molecular complexity index is 1030. The van der Waals surface area contributed by atoms with Crippen LogP contribution in [0.5, 0.6) is 5.75 Å². The summed E-state index contributed by atoms with van der Waals surface area (Å²) in [6.45, 7) is 3.93. The molecule has 0 aliphatic carbocycles. The maximum absolute atomic E-state index is 12.5. The van der Waals surface area contributed by atoms with Crippen LogP contribution < -0.4 is 15.6 Å². The second-order valence-corrected chi connectivity index (χ2v) is 6.74. The average molecular weight is 410 g/mol. The molecule has 0 aliphatic heterocycles. The third-order valence-electron chi connectivity index (χ3n) is 4.46. The van der Waals surface area contributed by atoms with Crippen molar-refractivity contribution in [3.63, 3.8) is 0 Å². The number of aromatic nitrogens is 2. The fraction of sp³-hybridized carbons (Fsp3) is 0.318. The lowest BCUT2D eigenvalue weighted by Gasteiger charge is -2.21. The molecule has 0 unspecified atom stereocenters. The summed E-state index contributed by atoms with van der Waals surface area (Å²) in [5.41, 5.74) is 1.12. The van der Waals surface area contributed by atoms with Crippen molar-refractivity contribution in [3.8, 4) is 5.75 Å². The van der Waals surface area contributed by atoms with E-state index in [4.69, 9.17) is 9.47 Å². The Morgan fingerprint density at radius 3 is 2.67 bits per heavy atom. The van der Waals surface area contributed by atoms with E-state index < -0.39 is 0 Å². The molecule has 3 aromatic rings. The number of rotatable bonds is 10. The molecule has 8 nitrogen and oxygen atoms in total. The summed E-state index contributed by atoms with van der Waals surface area (Å²) < 4.78 is 10.6. The number of carbonyl (C=O) groups is 1. The number of amides is 1. The number of ether oxygens (including phenoxy) is 2. The van der Waals surface area contributed by atoms with E-state index in [1.165, 1.54) is 0 Å². The molecule has 2 N–H and O–H groups in total. The summed E-state index contributed by atoms with van der Waals surface area (Å²) >= 11 is 0. The number of hydrogen-bond acceptors (Lipinski definition) is 6. The molecule has 0 radical (unpaired) electrons. The Hall–Kier alpha value is -3.23. The van der Waals surface area contributed by atoms with Gasteiger partial charge in [0, 0.05) is 19.3 Å². The van der Waals surface area contributed by atoms with E-state index in [-0.39, 0.29) is 18.0 Å². The third-order valence-corrected chi connectivity index (χ3v) is 4.46. The normalized spacial score (nSPS) is 11.0. The standard InChI is InChI=1S/C22H26N4O4/c1-3-30-17-10-8-16(9-11-17)23-21(27)15-26(12-13-29-2)14-20-24-19-7-5-4-6-18(19)22(28)25-20/h4-11H,3,12-15H2,1-2H3,(H,23,27)(H,24,25,28). The minimum absolute atomic E-state index is 0.132. The van der Waals surface area contributed by atoms with E-state index in [0.717, 1.165) is 5.75 Å². The van der Waals surface area contributed by atoms with Crippen LogP contribution >= 0.6 is 0 Å². The minimum Gasteiger partial charge on any atom is -0.494 e. The zero-order chi connectivity index (χ0) is 21.3. The highest BCUT2D eigenvalue weighted by Crippen LogP contribution is 2.15. The molecule has 30 heavy (non-hydrogen) atoms. The summed E-state index contributed by atoms with van der Waals surface area (Å²) in [6, 6.07) is 14.4. The molecule has 8 heteroatoms. The highest BCUT2D eigenvalue weighted by atomic mass is 16.5. The van der Waals surface area contributed by atoms with Gasteiger partial charge in [0.15, 0.2) is 0 Å². The van der Waals surface area contributed by atoms with Gasteiger partial charge in [0.05, 0.1) is 37.2 Å². The Morgan fingerprint density at radius 2 is 1.93 bits per heavy atom.